The van der Waals surface area contributed by atoms with E-state index in [2.05, 4.69) is 24.0 Å². The van der Waals surface area contributed by atoms with Crippen LogP contribution in [0, 0.1) is 0 Å². The number of benzene rings is 1. The Kier molecular flexibility index (Phi) is 5.26. The van der Waals surface area contributed by atoms with Crippen LogP contribution in [-0.2, 0) is 6.54 Å². The molecule has 0 aromatic heterocycles. The third-order valence-corrected chi connectivity index (χ3v) is 4.28. The number of hydrogen-bond acceptors (Lipinski definition) is 4. The number of methoxy groups -OCH3 is 2. The summed E-state index contributed by atoms with van der Waals surface area (Å²) >= 11 is 0. The first kappa shape index (κ1) is 15.1. The van der Waals surface area contributed by atoms with Crippen LogP contribution in [0.15, 0.2) is 18.2 Å². The maximum absolute atomic E-state index is 5.92. The van der Waals surface area contributed by atoms with Crippen molar-refractivity contribution in [1.82, 2.24) is 4.90 Å². The van der Waals surface area contributed by atoms with E-state index in [1.807, 2.05) is 6.07 Å². The van der Waals surface area contributed by atoms with E-state index in [0.29, 0.717) is 12.1 Å². The quantitative estimate of drug-likeness (QED) is 0.898. The summed E-state index contributed by atoms with van der Waals surface area (Å²) in [5, 5.41) is 0. The summed E-state index contributed by atoms with van der Waals surface area (Å²) in [5.74, 6) is 1.57. The minimum atomic E-state index is 0.492. The van der Waals surface area contributed by atoms with Crippen molar-refractivity contribution in [3.05, 3.63) is 23.8 Å². The summed E-state index contributed by atoms with van der Waals surface area (Å²) in [5.41, 5.74) is 7.17. The Morgan fingerprint density at radius 3 is 2.60 bits per heavy atom. The topological polar surface area (TPSA) is 47.7 Å². The van der Waals surface area contributed by atoms with Gasteiger partial charge in [-0.15, -0.1) is 0 Å². The molecule has 1 saturated heterocycles. The summed E-state index contributed by atoms with van der Waals surface area (Å²) in [6.45, 7) is 3.95. The molecule has 0 radical (unpaired) electrons. The second kappa shape index (κ2) is 6.95. The molecule has 0 saturated carbocycles. The maximum atomic E-state index is 5.92. The van der Waals surface area contributed by atoms with Crippen LogP contribution >= 0.6 is 0 Å². The standard InChI is InChI=1S/C16H26N2O2/c1-12-5-4-6-14(10-17)18(12)11-13-7-8-15(19-2)16(9-13)20-3/h7-9,12,14H,4-6,10-11,17H2,1-3H3. The van der Waals surface area contributed by atoms with E-state index >= 15 is 0 Å². The van der Waals surface area contributed by atoms with Crippen LogP contribution < -0.4 is 15.2 Å². The molecule has 0 bridgehead atoms. The molecule has 1 aliphatic rings. The Hall–Kier alpha value is -1.26. The van der Waals surface area contributed by atoms with Crippen molar-refractivity contribution in [3.8, 4) is 11.5 Å². The lowest BCUT2D eigenvalue weighted by molar-refractivity contribution is 0.0891. The summed E-state index contributed by atoms with van der Waals surface area (Å²) in [4.78, 5) is 2.52. The molecule has 0 spiro atoms. The number of nitrogens with zero attached hydrogens (tertiary/aromatic N) is 1. The molecule has 1 aromatic rings. The van der Waals surface area contributed by atoms with Gasteiger partial charge >= 0.3 is 0 Å². The highest BCUT2D eigenvalue weighted by atomic mass is 16.5. The van der Waals surface area contributed by atoms with Crippen LogP contribution in [0.25, 0.3) is 0 Å². The smallest absolute Gasteiger partial charge is 0.161 e. The van der Waals surface area contributed by atoms with Gasteiger partial charge in [0, 0.05) is 25.2 Å². The van der Waals surface area contributed by atoms with Gasteiger partial charge in [0.2, 0.25) is 0 Å². The number of ether oxygens (including phenoxy) is 2. The average molecular weight is 278 g/mol. The van der Waals surface area contributed by atoms with E-state index in [1.54, 1.807) is 14.2 Å². The van der Waals surface area contributed by atoms with Gasteiger partial charge in [0.05, 0.1) is 14.2 Å². The number of nitrogens with two attached hydrogens (primary N) is 1. The normalized spacial score (nSPS) is 23.6. The van der Waals surface area contributed by atoms with Crippen LogP contribution in [0.2, 0.25) is 0 Å². The highest BCUT2D eigenvalue weighted by Gasteiger charge is 2.26. The Bertz CT molecular complexity index is 436. The van der Waals surface area contributed by atoms with E-state index in [0.717, 1.165) is 24.6 Å². The van der Waals surface area contributed by atoms with E-state index in [1.165, 1.54) is 24.8 Å². The fourth-order valence-corrected chi connectivity index (χ4v) is 3.07. The Morgan fingerprint density at radius 1 is 1.20 bits per heavy atom. The molecule has 20 heavy (non-hydrogen) atoms. The fourth-order valence-electron chi connectivity index (χ4n) is 3.07. The van der Waals surface area contributed by atoms with Crippen molar-refractivity contribution < 1.29 is 9.47 Å². The molecule has 0 amide bonds. The lowest BCUT2D eigenvalue weighted by Crippen LogP contribution is -2.48. The number of piperidine rings is 1. The van der Waals surface area contributed by atoms with Gasteiger partial charge in [0.1, 0.15) is 0 Å². The molecule has 2 rings (SSSR count). The second-order valence-corrected chi connectivity index (χ2v) is 5.53. The first-order valence-corrected chi connectivity index (χ1v) is 7.36. The fraction of sp³-hybridized carbons (Fsp3) is 0.625. The lowest BCUT2D eigenvalue weighted by atomic mass is 9.95. The van der Waals surface area contributed by atoms with Crippen molar-refractivity contribution >= 4 is 0 Å². The first-order chi connectivity index (χ1) is 9.69. The van der Waals surface area contributed by atoms with Gasteiger partial charge < -0.3 is 15.2 Å². The minimum absolute atomic E-state index is 0.492. The predicted molar refractivity (Wildman–Crippen MR) is 81.2 cm³/mol. The Balaban J connectivity index is 2.15. The Labute approximate surface area is 121 Å². The SMILES string of the molecule is COc1ccc(CN2C(C)CCCC2CN)cc1OC. The van der Waals surface area contributed by atoms with Crippen molar-refractivity contribution in [2.45, 2.75) is 44.8 Å². The highest BCUT2D eigenvalue weighted by molar-refractivity contribution is 5.42. The van der Waals surface area contributed by atoms with E-state index < -0.39 is 0 Å². The van der Waals surface area contributed by atoms with Crippen molar-refractivity contribution in [1.29, 1.82) is 0 Å². The van der Waals surface area contributed by atoms with Gasteiger partial charge in [-0.05, 0) is 37.5 Å². The molecule has 4 nitrogen and oxygen atoms in total. The lowest BCUT2D eigenvalue weighted by Gasteiger charge is -2.40. The molecule has 2 N–H and O–H groups in total. The van der Waals surface area contributed by atoms with Crippen LogP contribution in [0.5, 0.6) is 11.5 Å². The maximum Gasteiger partial charge on any atom is 0.161 e. The summed E-state index contributed by atoms with van der Waals surface area (Å²) in [6, 6.07) is 7.22. The van der Waals surface area contributed by atoms with Crippen LogP contribution in [0.3, 0.4) is 0 Å². The van der Waals surface area contributed by atoms with Gasteiger partial charge in [-0.2, -0.15) is 0 Å². The van der Waals surface area contributed by atoms with Crippen molar-refractivity contribution in [3.63, 3.8) is 0 Å². The Morgan fingerprint density at radius 2 is 1.95 bits per heavy atom. The molecule has 1 fully saturated rings. The number of hydrogen-bond donors (Lipinski definition) is 1. The van der Waals surface area contributed by atoms with Crippen molar-refractivity contribution in [2.24, 2.45) is 5.73 Å². The number of likely N-dealkylation sites (tertiary alicyclic amines) is 1. The average Bonchev–Trinajstić information content (AvgIpc) is 2.49. The van der Waals surface area contributed by atoms with Crippen molar-refractivity contribution in [2.75, 3.05) is 20.8 Å². The molecule has 0 aliphatic carbocycles. The van der Waals surface area contributed by atoms with Crippen LogP contribution in [-0.4, -0.2) is 37.7 Å². The third-order valence-electron chi connectivity index (χ3n) is 4.28. The van der Waals surface area contributed by atoms with Gasteiger partial charge in [0.15, 0.2) is 11.5 Å². The summed E-state index contributed by atoms with van der Waals surface area (Å²) in [7, 11) is 3.34. The van der Waals surface area contributed by atoms with E-state index in [9.17, 15) is 0 Å². The summed E-state index contributed by atoms with van der Waals surface area (Å²) < 4.78 is 10.7. The van der Waals surface area contributed by atoms with E-state index in [4.69, 9.17) is 15.2 Å². The molecule has 4 heteroatoms. The second-order valence-electron chi connectivity index (χ2n) is 5.53. The predicted octanol–water partition coefficient (Wildman–Crippen LogP) is 2.41. The zero-order valence-corrected chi connectivity index (χ0v) is 12.8. The largest absolute Gasteiger partial charge is 0.493 e. The monoisotopic (exact) mass is 278 g/mol. The number of rotatable bonds is 5. The van der Waals surface area contributed by atoms with Gasteiger partial charge in [-0.3, -0.25) is 4.90 Å². The molecule has 2 unspecified atom stereocenters. The molecule has 1 aromatic carbocycles. The summed E-state index contributed by atoms with van der Waals surface area (Å²) in [6.07, 6.45) is 3.74. The molecular formula is C16H26N2O2. The molecule has 112 valence electrons. The minimum Gasteiger partial charge on any atom is -0.493 e. The van der Waals surface area contributed by atoms with Crippen LogP contribution in [0.4, 0.5) is 0 Å². The van der Waals surface area contributed by atoms with Gasteiger partial charge in [-0.25, -0.2) is 0 Å². The van der Waals surface area contributed by atoms with Crippen LogP contribution in [0.1, 0.15) is 31.7 Å². The zero-order valence-electron chi connectivity index (χ0n) is 12.8. The third kappa shape index (κ3) is 3.25. The van der Waals surface area contributed by atoms with Gasteiger partial charge in [0.25, 0.3) is 0 Å². The zero-order chi connectivity index (χ0) is 14.5. The molecular weight excluding hydrogens is 252 g/mol. The van der Waals surface area contributed by atoms with E-state index in [-0.39, 0.29) is 0 Å². The van der Waals surface area contributed by atoms with Gasteiger partial charge in [-0.1, -0.05) is 12.5 Å². The first-order valence-electron chi connectivity index (χ1n) is 7.36. The molecule has 1 heterocycles. The highest BCUT2D eigenvalue weighted by Crippen LogP contribution is 2.30. The molecule has 1 aliphatic heterocycles. The molecule has 2 atom stereocenters.